The molecule has 3 heterocycles. The normalized spacial score (nSPS) is 28.3. The summed E-state index contributed by atoms with van der Waals surface area (Å²) in [5, 5.41) is 16.1. The van der Waals surface area contributed by atoms with Gasteiger partial charge in [0.15, 0.2) is 0 Å². The Kier molecular flexibility index (Phi) is 8.34. The Morgan fingerprint density at radius 3 is 2.38 bits per heavy atom. The van der Waals surface area contributed by atoms with E-state index >= 15 is 0 Å². The molecule has 4 aliphatic rings. The van der Waals surface area contributed by atoms with Gasteiger partial charge in [-0.2, -0.15) is 18.4 Å². The molecule has 0 spiro atoms. The van der Waals surface area contributed by atoms with Crippen LogP contribution in [0.2, 0.25) is 0 Å². The van der Waals surface area contributed by atoms with Crippen LogP contribution in [-0.2, 0) is 19.2 Å². The highest BCUT2D eigenvalue weighted by Gasteiger charge is 2.61. The van der Waals surface area contributed by atoms with Crippen LogP contribution in [0.3, 0.4) is 0 Å². The maximum Gasteiger partial charge on any atom is 0.471 e. The average molecular weight is 536 g/mol. The molecule has 3 N–H and O–H groups in total. The summed E-state index contributed by atoms with van der Waals surface area (Å²) in [6, 6.07) is -3.94. The Hall–Kier alpha value is -2.98. The molecule has 0 aromatic heterocycles. The summed E-state index contributed by atoms with van der Waals surface area (Å²) in [4.78, 5) is 51.1. The molecule has 0 unspecified atom stereocenters. The lowest BCUT2D eigenvalue weighted by molar-refractivity contribution is -0.196. The minimum absolute atomic E-state index is 0.0587. The van der Waals surface area contributed by atoms with Crippen LogP contribution in [-0.4, -0.2) is 71.3 Å². The van der Waals surface area contributed by atoms with E-state index < -0.39 is 72.2 Å². The zero-order valence-electron chi connectivity index (χ0n) is 20.4. The van der Waals surface area contributed by atoms with Crippen molar-refractivity contribution in [3.8, 4) is 6.07 Å². The Bertz CT molecular complexity index is 966. The van der Waals surface area contributed by atoms with Crippen LogP contribution < -0.4 is 16.0 Å². The molecule has 6 atom stereocenters. The highest BCUT2D eigenvalue weighted by Crippen LogP contribution is 2.49. The fourth-order valence-corrected chi connectivity index (χ4v) is 5.49. The molecule has 206 valence electrons. The number of hydrogen-bond donors (Lipinski definition) is 3. The minimum Gasteiger partial charge on any atom is -0.356 e. The van der Waals surface area contributed by atoms with E-state index in [9.17, 15) is 46.4 Å². The number of carbonyl (C=O) groups excluding carboxylic acids is 4. The van der Waals surface area contributed by atoms with Crippen molar-refractivity contribution in [3.05, 3.63) is 0 Å². The number of halogens is 5. The molecule has 4 rings (SSSR count). The lowest BCUT2D eigenvalue weighted by atomic mass is 9.71. The van der Waals surface area contributed by atoms with E-state index in [1.165, 1.54) is 0 Å². The molecular formula is C23H30F5N5O4. The van der Waals surface area contributed by atoms with Crippen LogP contribution in [0.15, 0.2) is 0 Å². The Morgan fingerprint density at radius 2 is 1.86 bits per heavy atom. The van der Waals surface area contributed by atoms with E-state index in [4.69, 9.17) is 0 Å². The van der Waals surface area contributed by atoms with Gasteiger partial charge >= 0.3 is 12.1 Å². The molecular weight excluding hydrogens is 505 g/mol. The molecule has 37 heavy (non-hydrogen) atoms. The molecule has 1 saturated carbocycles. The third kappa shape index (κ3) is 6.30. The zero-order chi connectivity index (χ0) is 27.7. The molecule has 3 saturated heterocycles. The molecule has 0 aromatic carbocycles. The highest BCUT2D eigenvalue weighted by molar-refractivity contribution is 5.94. The van der Waals surface area contributed by atoms with Crippen molar-refractivity contribution in [2.45, 2.75) is 88.6 Å². The standard InChI is InChI=1S/C23H30F5N5O4/c1-11(2)7-16(32-21(37)23(26,27)28)20(36)33-14-3-4-15(22(24,25)9-14)17(33)19(35)31-13(10-29)8-12-5-6-30-18(12)34/h11-17H,3-9H2,1-2H3,(H,30,34)(H,31,35)(H,32,37)/t12-,13-,14+,15+,16+,17+/m1/s1. The van der Waals surface area contributed by atoms with E-state index in [2.05, 4.69) is 10.6 Å². The van der Waals surface area contributed by atoms with Crippen LogP contribution >= 0.6 is 0 Å². The quantitative estimate of drug-likeness (QED) is 0.407. The fraction of sp³-hybridized carbons (Fsp3) is 0.783. The summed E-state index contributed by atoms with van der Waals surface area (Å²) >= 11 is 0. The molecule has 0 radical (unpaired) electrons. The van der Waals surface area contributed by atoms with Crippen molar-refractivity contribution in [1.82, 2.24) is 20.9 Å². The summed E-state index contributed by atoms with van der Waals surface area (Å²) < 4.78 is 68.5. The maximum atomic E-state index is 14.9. The fourth-order valence-electron chi connectivity index (χ4n) is 5.49. The summed E-state index contributed by atoms with van der Waals surface area (Å²) in [5.41, 5.74) is 0. The predicted molar refractivity (Wildman–Crippen MR) is 117 cm³/mol. The van der Waals surface area contributed by atoms with Gasteiger partial charge in [-0.25, -0.2) is 8.78 Å². The number of nitriles is 1. The minimum atomic E-state index is -5.27. The second kappa shape index (κ2) is 10.8. The third-order valence-corrected chi connectivity index (χ3v) is 7.18. The molecule has 4 amide bonds. The number of amides is 4. The van der Waals surface area contributed by atoms with E-state index in [1.807, 2.05) is 6.07 Å². The first kappa shape index (κ1) is 28.6. The first-order valence-electron chi connectivity index (χ1n) is 12.2. The monoisotopic (exact) mass is 535 g/mol. The summed E-state index contributed by atoms with van der Waals surface area (Å²) in [7, 11) is 0. The average Bonchev–Trinajstić information content (AvgIpc) is 3.19. The van der Waals surface area contributed by atoms with Gasteiger partial charge in [-0.3, -0.25) is 19.2 Å². The number of carbonyl (C=O) groups is 4. The van der Waals surface area contributed by atoms with Crippen molar-refractivity contribution in [2.24, 2.45) is 17.8 Å². The van der Waals surface area contributed by atoms with Gasteiger partial charge in [-0.1, -0.05) is 13.8 Å². The summed E-state index contributed by atoms with van der Waals surface area (Å²) in [5.74, 6) is -10.6. The maximum absolute atomic E-state index is 14.9. The van der Waals surface area contributed by atoms with Crippen molar-refractivity contribution >= 4 is 23.6 Å². The number of rotatable bonds is 8. The number of hydrogen-bond acceptors (Lipinski definition) is 5. The van der Waals surface area contributed by atoms with Gasteiger partial charge in [0, 0.05) is 24.9 Å². The second-order valence-corrected chi connectivity index (χ2v) is 10.3. The van der Waals surface area contributed by atoms with Crippen molar-refractivity contribution in [2.75, 3.05) is 6.54 Å². The Morgan fingerprint density at radius 1 is 1.19 bits per heavy atom. The number of fused-ring (bicyclic) bond motifs is 3. The molecule has 3 aliphatic heterocycles. The van der Waals surface area contributed by atoms with E-state index in [0.717, 1.165) is 4.90 Å². The van der Waals surface area contributed by atoms with Gasteiger partial charge in [-0.15, -0.1) is 0 Å². The smallest absolute Gasteiger partial charge is 0.356 e. The van der Waals surface area contributed by atoms with Crippen molar-refractivity contribution in [3.63, 3.8) is 0 Å². The second-order valence-electron chi connectivity index (χ2n) is 10.3. The van der Waals surface area contributed by atoms with E-state index in [-0.39, 0.29) is 37.5 Å². The Labute approximate surface area is 210 Å². The van der Waals surface area contributed by atoms with Crippen molar-refractivity contribution < 1.29 is 41.1 Å². The largest absolute Gasteiger partial charge is 0.471 e. The highest BCUT2D eigenvalue weighted by atomic mass is 19.4. The molecule has 14 heteroatoms. The first-order chi connectivity index (χ1) is 17.2. The predicted octanol–water partition coefficient (Wildman–Crippen LogP) is 1.63. The summed E-state index contributed by atoms with van der Waals surface area (Å²) in [6.45, 7) is 3.62. The van der Waals surface area contributed by atoms with E-state index in [1.54, 1.807) is 19.2 Å². The van der Waals surface area contributed by atoms with Gasteiger partial charge < -0.3 is 20.9 Å². The zero-order valence-corrected chi connectivity index (χ0v) is 20.4. The SMILES string of the molecule is CC(C)C[C@H](NC(=O)C(F)(F)F)C(=O)N1[C@H]2CC[C@@H]([C@H]1C(=O)N[C@@H](C#N)C[C@H]1CCNC1=O)C(F)(F)C2. The molecule has 2 bridgehead atoms. The number of piperidine rings is 2. The van der Waals surface area contributed by atoms with Crippen LogP contribution in [0.5, 0.6) is 0 Å². The number of alkyl halides is 5. The topological polar surface area (TPSA) is 131 Å². The third-order valence-electron chi connectivity index (χ3n) is 7.18. The van der Waals surface area contributed by atoms with Gasteiger partial charge in [0.25, 0.3) is 5.92 Å². The van der Waals surface area contributed by atoms with Crippen LogP contribution in [0, 0.1) is 29.1 Å². The number of nitrogens with zero attached hydrogens (tertiary/aromatic N) is 2. The van der Waals surface area contributed by atoms with E-state index in [0.29, 0.717) is 13.0 Å². The van der Waals surface area contributed by atoms with Gasteiger partial charge in [0.2, 0.25) is 17.7 Å². The lowest BCUT2D eigenvalue weighted by Gasteiger charge is -2.54. The molecule has 0 aromatic rings. The number of nitrogens with one attached hydrogen (secondary N) is 3. The van der Waals surface area contributed by atoms with Gasteiger partial charge in [0.1, 0.15) is 18.1 Å². The molecule has 4 fully saturated rings. The molecule has 9 nitrogen and oxygen atoms in total. The molecule has 1 aliphatic carbocycles. The van der Waals surface area contributed by atoms with Crippen LogP contribution in [0.25, 0.3) is 0 Å². The van der Waals surface area contributed by atoms with Gasteiger partial charge in [0.05, 0.1) is 12.0 Å². The first-order valence-corrected chi connectivity index (χ1v) is 12.2. The van der Waals surface area contributed by atoms with Crippen molar-refractivity contribution in [1.29, 1.82) is 5.26 Å². The summed E-state index contributed by atoms with van der Waals surface area (Å²) in [6.07, 6.45) is -5.87. The van der Waals surface area contributed by atoms with Crippen LogP contribution in [0.1, 0.15) is 52.4 Å². The lowest BCUT2D eigenvalue weighted by Crippen LogP contribution is -2.71. The Balaban J connectivity index is 1.87. The van der Waals surface area contributed by atoms with Crippen LogP contribution in [0.4, 0.5) is 22.0 Å². The van der Waals surface area contributed by atoms with Gasteiger partial charge in [-0.05, 0) is 38.0 Å².